The van der Waals surface area contributed by atoms with Gasteiger partial charge in [0.1, 0.15) is 11.6 Å². The second-order valence-corrected chi connectivity index (χ2v) is 7.97. The van der Waals surface area contributed by atoms with Crippen molar-refractivity contribution in [2.75, 3.05) is 10.6 Å². The molecule has 0 aliphatic rings. The number of nitrogens with zero attached hydrogens (tertiary/aromatic N) is 4. The number of nitrogens with two attached hydrogens (primary N) is 1. The highest BCUT2D eigenvalue weighted by Gasteiger charge is 2.15. The minimum atomic E-state index is -0.955. The van der Waals surface area contributed by atoms with E-state index in [0.29, 0.717) is 11.3 Å². The summed E-state index contributed by atoms with van der Waals surface area (Å²) in [5.74, 6) is -1.05. The third-order valence-corrected chi connectivity index (χ3v) is 5.19. The van der Waals surface area contributed by atoms with Gasteiger partial charge in [-0.05, 0) is 35.4 Å². The summed E-state index contributed by atoms with van der Waals surface area (Å²) in [4.78, 5) is 20.7. The lowest BCUT2D eigenvalue weighted by atomic mass is 10.1. The number of amides is 1. The second kappa shape index (κ2) is 9.21. The van der Waals surface area contributed by atoms with Crippen molar-refractivity contribution in [1.82, 2.24) is 19.7 Å². The lowest BCUT2D eigenvalue weighted by Crippen LogP contribution is -2.12. The number of hydrogen-bond donors (Lipinski definition) is 3. The normalized spacial score (nSPS) is 11.4. The molecule has 0 spiro atoms. The van der Waals surface area contributed by atoms with Crippen LogP contribution in [0.4, 0.5) is 27.5 Å². The molecule has 0 unspecified atom stereocenters. The standard InChI is InChI=1S/C23H19BrFN7O/c1-13(21(26)33)15-5-8-19(25)20(9-15)30-22-18(14-3-6-16(24)7-4-14)11-27-23(31-22)29-17-10-28-32(2)12-17/h3-12H,1H2,2H3,(H2,26,33)(H2,27,29,30,31)/i1D2. The topological polar surface area (TPSA) is 111 Å². The third kappa shape index (κ3) is 5.07. The fraction of sp³-hybridized carbons (Fsp3) is 0.0435. The molecule has 0 saturated heterocycles. The van der Waals surface area contributed by atoms with Gasteiger partial charge in [0, 0.05) is 35.1 Å². The lowest BCUT2D eigenvalue weighted by molar-refractivity contribution is -0.112. The molecule has 0 atom stereocenters. The average molecular weight is 510 g/mol. The molecule has 4 rings (SSSR count). The first-order chi connectivity index (χ1) is 16.7. The molecule has 0 aliphatic heterocycles. The van der Waals surface area contributed by atoms with E-state index in [1.54, 1.807) is 30.3 Å². The molecular formula is C23H19BrFN7O. The number of aryl methyl sites for hydroxylation is 1. The quantitative estimate of drug-likeness (QED) is 0.309. The van der Waals surface area contributed by atoms with E-state index in [1.165, 1.54) is 12.1 Å². The molecule has 2 aromatic heterocycles. The van der Waals surface area contributed by atoms with Crippen LogP contribution in [0.2, 0.25) is 0 Å². The Morgan fingerprint density at radius 3 is 2.67 bits per heavy atom. The molecule has 0 aliphatic carbocycles. The zero-order valence-corrected chi connectivity index (χ0v) is 18.9. The summed E-state index contributed by atoms with van der Waals surface area (Å²) in [5, 5.41) is 10.1. The van der Waals surface area contributed by atoms with E-state index >= 15 is 0 Å². The van der Waals surface area contributed by atoms with Gasteiger partial charge in [0.2, 0.25) is 11.9 Å². The highest BCUT2D eigenvalue weighted by molar-refractivity contribution is 9.10. The van der Waals surface area contributed by atoms with Gasteiger partial charge < -0.3 is 16.4 Å². The van der Waals surface area contributed by atoms with E-state index in [1.807, 2.05) is 24.3 Å². The predicted molar refractivity (Wildman–Crippen MR) is 130 cm³/mol. The Hall–Kier alpha value is -4.05. The predicted octanol–water partition coefficient (Wildman–Crippen LogP) is 4.76. The van der Waals surface area contributed by atoms with Crippen LogP contribution in [0.25, 0.3) is 16.7 Å². The van der Waals surface area contributed by atoms with E-state index in [2.05, 4.69) is 41.6 Å². The molecule has 0 saturated carbocycles. The van der Waals surface area contributed by atoms with E-state index in [9.17, 15) is 9.18 Å². The monoisotopic (exact) mass is 509 g/mol. The van der Waals surface area contributed by atoms with Gasteiger partial charge in [-0.25, -0.2) is 9.37 Å². The van der Waals surface area contributed by atoms with Crippen LogP contribution in [0, 0.1) is 5.82 Å². The fourth-order valence-corrected chi connectivity index (χ4v) is 3.30. The number of benzene rings is 2. The number of hydrogen-bond acceptors (Lipinski definition) is 6. The molecule has 1 amide bonds. The van der Waals surface area contributed by atoms with Crippen LogP contribution in [0.3, 0.4) is 0 Å². The summed E-state index contributed by atoms with van der Waals surface area (Å²) in [6.45, 7) is -0.768. The van der Waals surface area contributed by atoms with Crippen LogP contribution in [-0.4, -0.2) is 25.7 Å². The molecule has 33 heavy (non-hydrogen) atoms. The number of rotatable bonds is 7. The Morgan fingerprint density at radius 2 is 2.00 bits per heavy atom. The molecule has 2 aromatic carbocycles. The maximum atomic E-state index is 14.8. The molecule has 2 heterocycles. The Kier molecular flexibility index (Phi) is 5.48. The third-order valence-electron chi connectivity index (χ3n) is 4.66. The van der Waals surface area contributed by atoms with Crippen molar-refractivity contribution in [2.45, 2.75) is 0 Å². The molecule has 0 fully saturated rings. The summed E-state index contributed by atoms with van der Waals surface area (Å²) in [6.07, 6.45) is 4.96. The minimum absolute atomic E-state index is 0.0214. The van der Waals surface area contributed by atoms with Crippen LogP contribution in [0.1, 0.15) is 8.30 Å². The van der Waals surface area contributed by atoms with Gasteiger partial charge in [-0.2, -0.15) is 10.1 Å². The van der Waals surface area contributed by atoms with E-state index in [-0.39, 0.29) is 28.6 Å². The zero-order valence-electron chi connectivity index (χ0n) is 19.3. The lowest BCUT2D eigenvalue weighted by Gasteiger charge is -2.14. The van der Waals surface area contributed by atoms with Crippen molar-refractivity contribution in [3.05, 3.63) is 83.4 Å². The zero-order chi connectivity index (χ0) is 25.1. The van der Waals surface area contributed by atoms with E-state index in [0.717, 1.165) is 16.1 Å². The van der Waals surface area contributed by atoms with Gasteiger partial charge in [0.25, 0.3) is 0 Å². The van der Waals surface area contributed by atoms with Crippen molar-refractivity contribution in [3.63, 3.8) is 0 Å². The first kappa shape index (κ1) is 19.6. The van der Waals surface area contributed by atoms with Crippen LogP contribution in [0.5, 0.6) is 0 Å². The largest absolute Gasteiger partial charge is 0.366 e. The number of nitrogens with one attached hydrogen (secondary N) is 2. The molecule has 8 nitrogen and oxygen atoms in total. The fourth-order valence-electron chi connectivity index (χ4n) is 3.04. The first-order valence-electron chi connectivity index (χ1n) is 10.6. The summed E-state index contributed by atoms with van der Waals surface area (Å²) in [6, 6.07) is 11.1. The Bertz CT molecular complexity index is 1440. The number of aromatic nitrogens is 4. The number of anilines is 4. The molecular weight excluding hydrogens is 489 g/mol. The molecule has 4 N–H and O–H groups in total. The van der Waals surface area contributed by atoms with Gasteiger partial charge in [0.15, 0.2) is 0 Å². The van der Waals surface area contributed by atoms with E-state index < -0.39 is 18.3 Å². The van der Waals surface area contributed by atoms with Gasteiger partial charge in [0.05, 0.1) is 20.3 Å². The molecule has 166 valence electrons. The van der Waals surface area contributed by atoms with Crippen molar-refractivity contribution in [3.8, 4) is 11.1 Å². The number of carbonyl (C=O) groups excluding carboxylic acids is 1. The Labute approximate surface area is 200 Å². The Morgan fingerprint density at radius 1 is 1.21 bits per heavy atom. The average Bonchev–Trinajstić information content (AvgIpc) is 3.21. The summed E-state index contributed by atoms with van der Waals surface area (Å²) in [5.41, 5.74) is 7.14. The maximum Gasteiger partial charge on any atom is 0.248 e. The van der Waals surface area contributed by atoms with Gasteiger partial charge in [-0.3, -0.25) is 9.48 Å². The SMILES string of the molecule is [2H]C([2H])=C(C(N)=O)c1ccc(F)c(Nc2nc(Nc3cnn(C)c3)ncc2-c2ccc(Br)cc2)c1. The summed E-state index contributed by atoms with van der Waals surface area (Å²) >= 11 is 3.41. The Balaban J connectivity index is 1.78. The number of carbonyl (C=O) groups is 1. The van der Waals surface area contributed by atoms with Gasteiger partial charge >= 0.3 is 0 Å². The summed E-state index contributed by atoms with van der Waals surface area (Å²) in [7, 11) is 1.78. The van der Waals surface area contributed by atoms with Crippen LogP contribution in [-0.2, 0) is 11.8 Å². The van der Waals surface area contributed by atoms with Crippen molar-refractivity contribution in [1.29, 1.82) is 0 Å². The smallest absolute Gasteiger partial charge is 0.248 e. The minimum Gasteiger partial charge on any atom is -0.366 e. The molecule has 10 heteroatoms. The van der Waals surface area contributed by atoms with Gasteiger partial charge in [-0.15, -0.1) is 0 Å². The first-order valence-corrected chi connectivity index (χ1v) is 10.4. The highest BCUT2D eigenvalue weighted by Crippen LogP contribution is 2.32. The second-order valence-electron chi connectivity index (χ2n) is 7.05. The van der Waals surface area contributed by atoms with Gasteiger partial charge in [-0.1, -0.05) is 40.7 Å². The molecule has 0 bridgehead atoms. The maximum absolute atomic E-state index is 14.8. The molecule has 0 radical (unpaired) electrons. The van der Waals surface area contributed by atoms with E-state index in [4.69, 9.17) is 8.48 Å². The molecule has 4 aromatic rings. The number of primary amides is 1. The van der Waals surface area contributed by atoms with Crippen molar-refractivity contribution >= 4 is 50.6 Å². The van der Waals surface area contributed by atoms with Crippen molar-refractivity contribution in [2.24, 2.45) is 12.8 Å². The highest BCUT2D eigenvalue weighted by atomic mass is 79.9. The van der Waals surface area contributed by atoms with Crippen LogP contribution in [0.15, 0.2) is 72.1 Å². The number of halogens is 2. The van der Waals surface area contributed by atoms with Crippen LogP contribution >= 0.6 is 15.9 Å². The summed E-state index contributed by atoms with van der Waals surface area (Å²) < 4.78 is 32.4. The van der Waals surface area contributed by atoms with Crippen LogP contribution < -0.4 is 16.4 Å². The van der Waals surface area contributed by atoms with Crippen molar-refractivity contribution < 1.29 is 11.9 Å².